The van der Waals surface area contributed by atoms with Gasteiger partial charge in [0.15, 0.2) is 0 Å². The number of hydrogen-bond donors (Lipinski definition) is 1. The van der Waals surface area contributed by atoms with Crippen LogP contribution in [0.1, 0.15) is 37.1 Å². The van der Waals surface area contributed by atoms with E-state index in [0.717, 1.165) is 15.2 Å². The lowest BCUT2D eigenvalue weighted by Gasteiger charge is -2.21. The average molecular weight is 369 g/mol. The monoisotopic (exact) mass is 367 g/mol. The minimum Gasteiger partial charge on any atom is -0.496 e. The molecule has 0 spiro atoms. The van der Waals surface area contributed by atoms with Crippen molar-refractivity contribution in [2.75, 3.05) is 7.11 Å². The van der Waals surface area contributed by atoms with Gasteiger partial charge in [0.05, 0.1) is 11.6 Å². The summed E-state index contributed by atoms with van der Waals surface area (Å²) in [6.45, 7) is 4.30. The summed E-state index contributed by atoms with van der Waals surface area (Å²) in [5.74, 6) is 0.844. The van der Waals surface area contributed by atoms with Gasteiger partial charge in [-0.15, -0.1) is 0 Å². The van der Waals surface area contributed by atoms with Crippen molar-refractivity contribution in [2.45, 2.75) is 25.9 Å². The SMILES string of the molecule is COc1ccc(C(C)N[C@@H](C)c2ccc(Cl)cc2)cc1Br. The van der Waals surface area contributed by atoms with Crippen molar-refractivity contribution in [1.82, 2.24) is 5.32 Å². The minimum atomic E-state index is 0.234. The summed E-state index contributed by atoms with van der Waals surface area (Å²) in [7, 11) is 1.67. The van der Waals surface area contributed by atoms with Crippen LogP contribution in [0.4, 0.5) is 0 Å². The van der Waals surface area contributed by atoms with Crippen LogP contribution in [0.15, 0.2) is 46.9 Å². The molecule has 21 heavy (non-hydrogen) atoms. The van der Waals surface area contributed by atoms with Crippen molar-refractivity contribution in [3.63, 3.8) is 0 Å². The lowest BCUT2D eigenvalue weighted by molar-refractivity contribution is 0.411. The van der Waals surface area contributed by atoms with E-state index in [4.69, 9.17) is 16.3 Å². The summed E-state index contributed by atoms with van der Waals surface area (Å²) in [6.07, 6.45) is 0. The van der Waals surface area contributed by atoms with Crippen molar-refractivity contribution in [1.29, 1.82) is 0 Å². The van der Waals surface area contributed by atoms with E-state index < -0.39 is 0 Å². The van der Waals surface area contributed by atoms with Crippen molar-refractivity contribution < 1.29 is 4.74 Å². The van der Waals surface area contributed by atoms with Crippen LogP contribution in [0.2, 0.25) is 5.02 Å². The van der Waals surface area contributed by atoms with Gasteiger partial charge in [-0.2, -0.15) is 0 Å². The zero-order valence-electron chi connectivity index (χ0n) is 12.4. The second-order valence-electron chi connectivity index (χ2n) is 5.06. The highest BCUT2D eigenvalue weighted by molar-refractivity contribution is 9.10. The van der Waals surface area contributed by atoms with Gasteiger partial charge in [-0.3, -0.25) is 0 Å². The van der Waals surface area contributed by atoms with Gasteiger partial charge in [0.2, 0.25) is 0 Å². The zero-order chi connectivity index (χ0) is 15.4. The maximum Gasteiger partial charge on any atom is 0.133 e. The van der Waals surface area contributed by atoms with E-state index in [2.05, 4.69) is 59.4 Å². The van der Waals surface area contributed by atoms with E-state index in [1.54, 1.807) is 7.11 Å². The fourth-order valence-electron chi connectivity index (χ4n) is 2.27. The molecular weight excluding hydrogens is 350 g/mol. The molecule has 2 nitrogen and oxygen atoms in total. The highest BCUT2D eigenvalue weighted by Gasteiger charge is 2.12. The van der Waals surface area contributed by atoms with E-state index in [1.807, 2.05) is 18.2 Å². The van der Waals surface area contributed by atoms with Crippen molar-refractivity contribution in [3.8, 4) is 5.75 Å². The molecule has 0 aromatic heterocycles. The Bertz CT molecular complexity index is 600. The molecular formula is C17H19BrClNO. The molecule has 0 aliphatic heterocycles. The topological polar surface area (TPSA) is 21.3 Å². The maximum atomic E-state index is 5.93. The molecule has 0 amide bonds. The summed E-state index contributed by atoms with van der Waals surface area (Å²) < 4.78 is 6.23. The molecule has 0 fully saturated rings. The van der Waals surface area contributed by atoms with Crippen LogP contribution in [0, 0.1) is 0 Å². The largest absolute Gasteiger partial charge is 0.496 e. The van der Waals surface area contributed by atoms with Gasteiger partial charge in [-0.25, -0.2) is 0 Å². The Labute approximate surface area is 139 Å². The van der Waals surface area contributed by atoms with Gasteiger partial charge < -0.3 is 10.1 Å². The quantitative estimate of drug-likeness (QED) is 0.750. The molecule has 2 rings (SSSR count). The number of halogens is 2. The average Bonchev–Trinajstić information content (AvgIpc) is 2.47. The standard InChI is InChI=1S/C17H19BrClNO/c1-11(13-4-7-15(19)8-5-13)20-12(2)14-6-9-17(21-3)16(18)10-14/h4-12,20H,1-3H3/t11-,12?/m0/s1. The van der Waals surface area contributed by atoms with E-state index in [9.17, 15) is 0 Å². The molecule has 2 aromatic carbocycles. The van der Waals surface area contributed by atoms with Crippen LogP contribution in [0.5, 0.6) is 5.75 Å². The Morgan fingerprint density at radius 2 is 1.57 bits per heavy atom. The third-order valence-corrected chi connectivity index (χ3v) is 4.42. The van der Waals surface area contributed by atoms with Crippen molar-refractivity contribution >= 4 is 27.5 Å². The number of benzene rings is 2. The highest BCUT2D eigenvalue weighted by Crippen LogP contribution is 2.29. The summed E-state index contributed by atoms with van der Waals surface area (Å²) in [6, 6.07) is 14.6. The summed E-state index contributed by atoms with van der Waals surface area (Å²) in [5, 5.41) is 4.35. The number of rotatable bonds is 5. The van der Waals surface area contributed by atoms with Gasteiger partial charge in [0.25, 0.3) is 0 Å². The molecule has 1 unspecified atom stereocenters. The van der Waals surface area contributed by atoms with Crippen LogP contribution in [-0.2, 0) is 0 Å². The summed E-state index contributed by atoms with van der Waals surface area (Å²) in [5.41, 5.74) is 2.43. The van der Waals surface area contributed by atoms with Crippen LogP contribution >= 0.6 is 27.5 Å². The Hall–Kier alpha value is -1.03. The number of ether oxygens (including phenoxy) is 1. The lowest BCUT2D eigenvalue weighted by atomic mass is 10.0. The number of methoxy groups -OCH3 is 1. The third-order valence-electron chi connectivity index (χ3n) is 3.55. The second kappa shape index (κ2) is 7.30. The third kappa shape index (κ3) is 4.22. The minimum absolute atomic E-state index is 0.234. The molecule has 0 saturated carbocycles. The van der Waals surface area contributed by atoms with Crippen LogP contribution in [0.3, 0.4) is 0 Å². The lowest BCUT2D eigenvalue weighted by Crippen LogP contribution is -2.22. The molecule has 1 N–H and O–H groups in total. The molecule has 112 valence electrons. The second-order valence-corrected chi connectivity index (χ2v) is 6.35. The molecule has 0 bridgehead atoms. The summed E-state index contributed by atoms with van der Waals surface area (Å²) >= 11 is 9.45. The van der Waals surface area contributed by atoms with Crippen LogP contribution < -0.4 is 10.1 Å². The molecule has 2 aromatic rings. The highest BCUT2D eigenvalue weighted by atomic mass is 79.9. The van der Waals surface area contributed by atoms with Gasteiger partial charge in [-0.1, -0.05) is 29.8 Å². The van der Waals surface area contributed by atoms with Gasteiger partial charge in [0, 0.05) is 17.1 Å². The fraction of sp³-hybridized carbons (Fsp3) is 0.294. The fourth-order valence-corrected chi connectivity index (χ4v) is 2.96. The van der Waals surface area contributed by atoms with Gasteiger partial charge >= 0.3 is 0 Å². The van der Waals surface area contributed by atoms with Crippen molar-refractivity contribution in [2.24, 2.45) is 0 Å². The molecule has 0 saturated heterocycles. The zero-order valence-corrected chi connectivity index (χ0v) is 14.7. The van der Waals surface area contributed by atoms with E-state index in [1.165, 1.54) is 11.1 Å². The van der Waals surface area contributed by atoms with Gasteiger partial charge in [-0.05, 0) is 65.2 Å². The van der Waals surface area contributed by atoms with Crippen molar-refractivity contribution in [3.05, 3.63) is 63.1 Å². The van der Waals surface area contributed by atoms with Crippen LogP contribution in [0.25, 0.3) is 0 Å². The smallest absolute Gasteiger partial charge is 0.133 e. The Morgan fingerprint density at radius 3 is 2.14 bits per heavy atom. The molecule has 0 heterocycles. The van der Waals surface area contributed by atoms with Crippen LogP contribution in [-0.4, -0.2) is 7.11 Å². The molecule has 2 atom stereocenters. The predicted octanol–water partition coefficient (Wildman–Crippen LogP) is 5.52. The molecule has 0 radical (unpaired) electrons. The number of nitrogens with one attached hydrogen (secondary N) is 1. The maximum absolute atomic E-state index is 5.93. The molecule has 0 aliphatic carbocycles. The van der Waals surface area contributed by atoms with Gasteiger partial charge in [0.1, 0.15) is 5.75 Å². The number of hydrogen-bond acceptors (Lipinski definition) is 2. The molecule has 0 aliphatic rings. The van der Waals surface area contributed by atoms with E-state index >= 15 is 0 Å². The first-order valence-electron chi connectivity index (χ1n) is 6.86. The summed E-state index contributed by atoms with van der Waals surface area (Å²) in [4.78, 5) is 0. The Balaban J connectivity index is 2.08. The Kier molecular flexibility index (Phi) is 5.68. The normalized spacial score (nSPS) is 13.8. The Morgan fingerprint density at radius 1 is 1.00 bits per heavy atom. The van der Waals surface area contributed by atoms with E-state index in [-0.39, 0.29) is 12.1 Å². The van der Waals surface area contributed by atoms with E-state index in [0.29, 0.717) is 0 Å². The first kappa shape index (κ1) is 16.3. The first-order chi connectivity index (χ1) is 10.0. The molecule has 4 heteroatoms. The first-order valence-corrected chi connectivity index (χ1v) is 8.03. The predicted molar refractivity (Wildman–Crippen MR) is 92.1 cm³/mol.